The third-order valence-corrected chi connectivity index (χ3v) is 4.16. The number of halogens is 2. The van der Waals surface area contributed by atoms with E-state index in [1.54, 1.807) is 17.4 Å². The van der Waals surface area contributed by atoms with Crippen molar-refractivity contribution in [3.63, 3.8) is 0 Å². The lowest BCUT2D eigenvalue weighted by Crippen LogP contribution is -2.18. The van der Waals surface area contributed by atoms with Gasteiger partial charge in [-0.2, -0.15) is 0 Å². The normalized spacial score (nSPS) is 11.0. The summed E-state index contributed by atoms with van der Waals surface area (Å²) >= 11 is 1.61. The summed E-state index contributed by atoms with van der Waals surface area (Å²) in [7, 11) is 1.87. The minimum Gasteiger partial charge on any atom is -0.355 e. The molecule has 3 rings (SSSR count). The van der Waals surface area contributed by atoms with Crippen molar-refractivity contribution < 1.29 is 8.78 Å². The maximum Gasteiger partial charge on any atom is 0.159 e. The Labute approximate surface area is 124 Å². The molecule has 0 N–H and O–H groups in total. The number of hydrogen-bond acceptors (Lipinski definition) is 4. The SMILES string of the molecule is Cc1cc2c(N(C)Cc3ccc(F)c(F)c3)ncnc2s1. The predicted octanol–water partition coefficient (Wildman–Crippen LogP) is 3.91. The lowest BCUT2D eigenvalue weighted by molar-refractivity contribution is 0.507. The lowest BCUT2D eigenvalue weighted by Gasteiger charge is -2.18. The van der Waals surface area contributed by atoms with Crippen molar-refractivity contribution in [1.29, 1.82) is 0 Å². The molecule has 0 bridgehead atoms. The largest absolute Gasteiger partial charge is 0.355 e. The minimum atomic E-state index is -0.834. The maximum absolute atomic E-state index is 13.3. The number of benzene rings is 1. The molecule has 0 atom stereocenters. The van der Waals surface area contributed by atoms with Crippen LogP contribution in [0.3, 0.4) is 0 Å². The van der Waals surface area contributed by atoms with E-state index in [-0.39, 0.29) is 0 Å². The summed E-state index contributed by atoms with van der Waals surface area (Å²) in [4.78, 5) is 12.6. The summed E-state index contributed by atoms with van der Waals surface area (Å²) in [6.07, 6.45) is 1.52. The zero-order valence-corrected chi connectivity index (χ0v) is 12.4. The highest BCUT2D eigenvalue weighted by Gasteiger charge is 2.12. The molecule has 2 heterocycles. The average Bonchev–Trinajstić information content (AvgIpc) is 2.82. The van der Waals surface area contributed by atoms with Crippen LogP contribution >= 0.6 is 11.3 Å². The van der Waals surface area contributed by atoms with E-state index in [0.29, 0.717) is 12.1 Å². The Morgan fingerprint density at radius 2 is 1.95 bits per heavy atom. The van der Waals surface area contributed by atoms with Gasteiger partial charge in [0, 0.05) is 18.5 Å². The van der Waals surface area contributed by atoms with Gasteiger partial charge in [0.25, 0.3) is 0 Å². The first-order valence-corrected chi connectivity index (χ1v) is 7.22. The van der Waals surface area contributed by atoms with Gasteiger partial charge in [-0.25, -0.2) is 18.7 Å². The van der Waals surface area contributed by atoms with Crippen molar-refractivity contribution >= 4 is 27.4 Å². The molecule has 3 aromatic rings. The van der Waals surface area contributed by atoms with Crippen LogP contribution in [0.4, 0.5) is 14.6 Å². The molecule has 0 aliphatic heterocycles. The first-order valence-electron chi connectivity index (χ1n) is 6.41. The van der Waals surface area contributed by atoms with E-state index >= 15 is 0 Å². The van der Waals surface area contributed by atoms with Crippen molar-refractivity contribution in [3.05, 3.63) is 52.7 Å². The van der Waals surface area contributed by atoms with Crippen molar-refractivity contribution in [2.45, 2.75) is 13.5 Å². The number of nitrogens with zero attached hydrogens (tertiary/aromatic N) is 3. The van der Waals surface area contributed by atoms with Crippen molar-refractivity contribution in [2.75, 3.05) is 11.9 Å². The van der Waals surface area contributed by atoms with Gasteiger partial charge in [0.05, 0.1) is 5.39 Å². The van der Waals surface area contributed by atoms with Crippen LogP contribution in [0.5, 0.6) is 0 Å². The number of anilines is 1. The Balaban J connectivity index is 1.93. The fourth-order valence-electron chi connectivity index (χ4n) is 2.25. The van der Waals surface area contributed by atoms with Crippen LogP contribution in [0.2, 0.25) is 0 Å². The van der Waals surface area contributed by atoms with Crippen LogP contribution in [0.25, 0.3) is 10.2 Å². The molecule has 0 aliphatic rings. The minimum absolute atomic E-state index is 0.443. The topological polar surface area (TPSA) is 29.0 Å². The Hall–Kier alpha value is -2.08. The second-order valence-corrected chi connectivity index (χ2v) is 6.11. The van der Waals surface area contributed by atoms with E-state index in [9.17, 15) is 8.78 Å². The predicted molar refractivity (Wildman–Crippen MR) is 80.6 cm³/mol. The van der Waals surface area contributed by atoms with Gasteiger partial charge in [0.1, 0.15) is 17.0 Å². The van der Waals surface area contributed by atoms with E-state index < -0.39 is 11.6 Å². The summed E-state index contributed by atoms with van der Waals surface area (Å²) in [5.74, 6) is -0.881. The second-order valence-electron chi connectivity index (χ2n) is 4.88. The van der Waals surface area contributed by atoms with Crippen molar-refractivity contribution in [3.8, 4) is 0 Å². The number of aryl methyl sites for hydroxylation is 1. The van der Waals surface area contributed by atoms with E-state index in [0.717, 1.165) is 27.0 Å². The van der Waals surface area contributed by atoms with Gasteiger partial charge in [-0.1, -0.05) is 6.07 Å². The number of hydrogen-bond donors (Lipinski definition) is 0. The molecule has 0 radical (unpaired) electrons. The van der Waals surface area contributed by atoms with Crippen LogP contribution in [0.15, 0.2) is 30.6 Å². The molecule has 0 saturated carbocycles. The van der Waals surface area contributed by atoms with E-state index in [1.807, 2.05) is 24.9 Å². The first-order chi connectivity index (χ1) is 10.0. The highest BCUT2D eigenvalue weighted by atomic mass is 32.1. The molecule has 0 fully saturated rings. The van der Waals surface area contributed by atoms with Gasteiger partial charge in [0.2, 0.25) is 0 Å². The third kappa shape index (κ3) is 2.71. The highest BCUT2D eigenvalue weighted by Crippen LogP contribution is 2.29. The summed E-state index contributed by atoms with van der Waals surface area (Å²) in [6, 6.07) is 5.97. The molecular formula is C15H13F2N3S. The second kappa shape index (κ2) is 5.37. The first kappa shape index (κ1) is 13.9. The van der Waals surface area contributed by atoms with Gasteiger partial charge in [0.15, 0.2) is 11.6 Å². The van der Waals surface area contributed by atoms with Crippen LogP contribution in [0, 0.1) is 18.6 Å². The molecule has 0 spiro atoms. The Bertz CT molecular complexity index is 801. The molecule has 0 saturated heterocycles. The quantitative estimate of drug-likeness (QED) is 0.734. The van der Waals surface area contributed by atoms with E-state index in [2.05, 4.69) is 9.97 Å². The number of thiophene rings is 1. The molecule has 1 aromatic carbocycles. The molecule has 21 heavy (non-hydrogen) atoms. The number of rotatable bonds is 3. The number of fused-ring (bicyclic) bond motifs is 1. The third-order valence-electron chi connectivity index (χ3n) is 3.20. The fraction of sp³-hybridized carbons (Fsp3) is 0.200. The smallest absolute Gasteiger partial charge is 0.159 e. The van der Waals surface area contributed by atoms with Gasteiger partial charge in [-0.05, 0) is 30.7 Å². The molecule has 2 aromatic heterocycles. The van der Waals surface area contributed by atoms with Gasteiger partial charge in [-0.15, -0.1) is 11.3 Å². The number of aromatic nitrogens is 2. The van der Waals surface area contributed by atoms with Crippen LogP contribution in [-0.4, -0.2) is 17.0 Å². The summed E-state index contributed by atoms with van der Waals surface area (Å²) in [6.45, 7) is 2.46. The standard InChI is InChI=1S/C15H13F2N3S/c1-9-5-11-14(18-8-19-15(11)21-9)20(2)7-10-3-4-12(16)13(17)6-10/h3-6,8H,7H2,1-2H3. The molecule has 0 unspecified atom stereocenters. The molecule has 0 amide bonds. The molecular weight excluding hydrogens is 292 g/mol. The molecule has 0 aliphatic carbocycles. The summed E-state index contributed by atoms with van der Waals surface area (Å²) in [5, 5.41) is 0.977. The van der Waals surface area contributed by atoms with Crippen molar-refractivity contribution in [1.82, 2.24) is 9.97 Å². The highest BCUT2D eigenvalue weighted by molar-refractivity contribution is 7.18. The van der Waals surface area contributed by atoms with Crippen LogP contribution < -0.4 is 4.90 Å². The van der Waals surface area contributed by atoms with Crippen LogP contribution in [-0.2, 0) is 6.54 Å². The lowest BCUT2D eigenvalue weighted by atomic mass is 10.2. The van der Waals surface area contributed by atoms with Gasteiger partial charge >= 0.3 is 0 Å². The Kier molecular flexibility index (Phi) is 3.55. The maximum atomic E-state index is 13.3. The Morgan fingerprint density at radius 1 is 1.14 bits per heavy atom. The monoisotopic (exact) mass is 305 g/mol. The summed E-state index contributed by atoms with van der Waals surface area (Å²) in [5.41, 5.74) is 0.690. The van der Waals surface area contributed by atoms with Crippen molar-refractivity contribution in [2.24, 2.45) is 0 Å². The fourth-order valence-corrected chi connectivity index (χ4v) is 3.10. The molecule has 3 nitrogen and oxygen atoms in total. The van der Waals surface area contributed by atoms with E-state index in [1.165, 1.54) is 12.4 Å². The summed E-state index contributed by atoms with van der Waals surface area (Å²) < 4.78 is 26.2. The Morgan fingerprint density at radius 3 is 2.71 bits per heavy atom. The average molecular weight is 305 g/mol. The molecule has 6 heteroatoms. The van der Waals surface area contributed by atoms with E-state index in [4.69, 9.17) is 0 Å². The zero-order chi connectivity index (χ0) is 15.0. The van der Waals surface area contributed by atoms with Gasteiger partial charge in [-0.3, -0.25) is 0 Å². The van der Waals surface area contributed by atoms with Crippen LogP contribution in [0.1, 0.15) is 10.4 Å². The van der Waals surface area contributed by atoms with Gasteiger partial charge < -0.3 is 4.90 Å². The zero-order valence-electron chi connectivity index (χ0n) is 11.6. The molecule has 108 valence electrons.